The molecule has 0 bridgehead atoms. The van der Waals surface area contributed by atoms with Crippen LogP contribution in [0.4, 0.5) is 0 Å². The monoisotopic (exact) mass is 196 g/mol. The van der Waals surface area contributed by atoms with E-state index < -0.39 is 5.91 Å². The van der Waals surface area contributed by atoms with Gasteiger partial charge in [0.25, 0.3) is 5.91 Å². The number of carbonyl (C=O) groups excluding carboxylic acids is 1. The van der Waals surface area contributed by atoms with Crippen LogP contribution in [0, 0.1) is 11.3 Å². The average Bonchev–Trinajstić information content (AvgIpc) is 2.46. The summed E-state index contributed by atoms with van der Waals surface area (Å²) in [7, 11) is 0. The van der Waals surface area contributed by atoms with Crippen molar-refractivity contribution in [2.75, 3.05) is 13.1 Å². The van der Waals surface area contributed by atoms with Gasteiger partial charge >= 0.3 is 0 Å². The summed E-state index contributed by atoms with van der Waals surface area (Å²) in [5.74, 6) is -0.739. The van der Waals surface area contributed by atoms with Crippen LogP contribution in [0.25, 0.3) is 0 Å². The van der Waals surface area contributed by atoms with Crippen molar-refractivity contribution in [2.24, 2.45) is 5.73 Å². The fraction of sp³-hybridized carbons (Fsp3) is 0.286. The second kappa shape index (κ2) is 3.87. The first kappa shape index (κ1) is 9.48. The summed E-state index contributed by atoms with van der Waals surface area (Å²) < 4.78 is 0. The van der Waals surface area contributed by atoms with E-state index in [1.165, 1.54) is 6.20 Å². The largest absolute Gasteiger partial charge is 0.365 e. The molecule has 0 saturated carbocycles. The molecule has 0 atom stereocenters. The Morgan fingerprint density at radius 1 is 1.85 bits per heavy atom. The Morgan fingerprint density at radius 2 is 2.54 bits per heavy atom. The smallest absolute Gasteiger partial charge is 0.260 e. The standard InChI is InChI=1S/C7H8N4OS/c8-3-5(6(9)12)4-11-2-1-10-7(11)13/h4H,1-2H2,(H2,9,12)(H,10,13)/b5-4-. The van der Waals surface area contributed by atoms with Crippen molar-refractivity contribution in [1.82, 2.24) is 10.2 Å². The number of carbonyl (C=O) groups is 1. The number of nitriles is 1. The predicted octanol–water partition coefficient (Wildman–Crippen LogP) is -0.931. The zero-order chi connectivity index (χ0) is 9.84. The summed E-state index contributed by atoms with van der Waals surface area (Å²) in [5.41, 5.74) is 4.86. The highest BCUT2D eigenvalue weighted by Gasteiger charge is 2.15. The lowest BCUT2D eigenvalue weighted by molar-refractivity contribution is -0.114. The molecule has 0 aromatic carbocycles. The second-order valence-electron chi connectivity index (χ2n) is 2.44. The zero-order valence-corrected chi connectivity index (χ0v) is 7.60. The number of nitrogens with zero attached hydrogens (tertiary/aromatic N) is 2. The number of hydrogen-bond acceptors (Lipinski definition) is 3. The lowest BCUT2D eigenvalue weighted by atomic mass is 10.3. The number of nitrogens with one attached hydrogen (secondary N) is 1. The lowest BCUT2D eigenvalue weighted by Gasteiger charge is -2.09. The molecule has 1 saturated heterocycles. The first-order valence-electron chi connectivity index (χ1n) is 3.61. The van der Waals surface area contributed by atoms with Gasteiger partial charge in [-0.25, -0.2) is 0 Å². The Bertz CT molecular complexity index is 317. The van der Waals surface area contributed by atoms with E-state index in [4.69, 9.17) is 23.2 Å². The molecule has 0 spiro atoms. The summed E-state index contributed by atoms with van der Waals surface area (Å²) in [6.07, 6.45) is 1.37. The van der Waals surface area contributed by atoms with Crippen LogP contribution in [0.3, 0.4) is 0 Å². The molecule has 13 heavy (non-hydrogen) atoms. The minimum absolute atomic E-state index is 0.0916. The van der Waals surface area contributed by atoms with Crippen molar-refractivity contribution in [1.29, 1.82) is 5.26 Å². The SMILES string of the molecule is N#C/C(=C/N1CCNC1=S)C(N)=O. The molecule has 3 N–H and O–H groups in total. The van der Waals surface area contributed by atoms with Crippen LogP contribution in [0.15, 0.2) is 11.8 Å². The van der Waals surface area contributed by atoms with Gasteiger partial charge < -0.3 is 16.0 Å². The van der Waals surface area contributed by atoms with E-state index in [2.05, 4.69) is 5.32 Å². The molecule has 68 valence electrons. The van der Waals surface area contributed by atoms with E-state index in [9.17, 15) is 4.79 Å². The molecule has 0 aromatic rings. The minimum atomic E-state index is -0.739. The topological polar surface area (TPSA) is 82.2 Å². The van der Waals surface area contributed by atoms with Gasteiger partial charge in [-0.2, -0.15) is 5.26 Å². The number of nitrogens with two attached hydrogens (primary N) is 1. The molecule has 0 unspecified atom stereocenters. The van der Waals surface area contributed by atoms with Gasteiger partial charge in [0.15, 0.2) is 5.11 Å². The molecule has 1 aliphatic rings. The van der Waals surface area contributed by atoms with Gasteiger partial charge in [0.2, 0.25) is 0 Å². The molecule has 0 aliphatic carbocycles. The molecule has 1 rings (SSSR count). The second-order valence-corrected chi connectivity index (χ2v) is 2.83. The number of thiocarbonyl (C=S) groups is 1. The van der Waals surface area contributed by atoms with Crippen LogP contribution in [-0.4, -0.2) is 29.0 Å². The van der Waals surface area contributed by atoms with Crippen molar-refractivity contribution >= 4 is 23.2 Å². The highest BCUT2D eigenvalue weighted by molar-refractivity contribution is 7.80. The molecule has 5 nitrogen and oxygen atoms in total. The minimum Gasteiger partial charge on any atom is -0.365 e. The molecule has 6 heteroatoms. The van der Waals surface area contributed by atoms with Gasteiger partial charge in [0, 0.05) is 19.3 Å². The fourth-order valence-corrected chi connectivity index (χ4v) is 1.16. The number of rotatable bonds is 2. The van der Waals surface area contributed by atoms with Gasteiger partial charge in [-0.1, -0.05) is 0 Å². The van der Waals surface area contributed by atoms with Gasteiger partial charge in [-0.15, -0.1) is 0 Å². The molecular weight excluding hydrogens is 188 g/mol. The van der Waals surface area contributed by atoms with Gasteiger partial charge in [0.1, 0.15) is 11.6 Å². The van der Waals surface area contributed by atoms with E-state index in [1.54, 1.807) is 11.0 Å². The lowest BCUT2D eigenvalue weighted by Crippen LogP contribution is -2.25. The maximum absolute atomic E-state index is 10.7. The van der Waals surface area contributed by atoms with Gasteiger partial charge in [0.05, 0.1) is 0 Å². The van der Waals surface area contributed by atoms with Crippen LogP contribution in [0.1, 0.15) is 0 Å². The van der Waals surface area contributed by atoms with E-state index >= 15 is 0 Å². The summed E-state index contributed by atoms with van der Waals surface area (Å²) in [5, 5.41) is 11.9. The summed E-state index contributed by atoms with van der Waals surface area (Å²) in [6, 6.07) is 1.71. The fourth-order valence-electron chi connectivity index (χ4n) is 0.913. The molecule has 1 aliphatic heterocycles. The summed E-state index contributed by atoms with van der Waals surface area (Å²) >= 11 is 4.90. The third-order valence-electron chi connectivity index (χ3n) is 1.56. The Kier molecular flexibility index (Phi) is 2.82. The van der Waals surface area contributed by atoms with E-state index in [0.29, 0.717) is 18.2 Å². The number of hydrogen-bond donors (Lipinski definition) is 2. The predicted molar refractivity (Wildman–Crippen MR) is 50.2 cm³/mol. The highest BCUT2D eigenvalue weighted by Crippen LogP contribution is 2.01. The van der Waals surface area contributed by atoms with Gasteiger partial charge in [-0.05, 0) is 12.2 Å². The third kappa shape index (κ3) is 2.16. The summed E-state index contributed by atoms with van der Waals surface area (Å²) in [6.45, 7) is 1.37. The van der Waals surface area contributed by atoms with Gasteiger partial charge in [-0.3, -0.25) is 4.79 Å². The van der Waals surface area contributed by atoms with E-state index in [0.717, 1.165) is 0 Å². The first-order valence-corrected chi connectivity index (χ1v) is 4.02. The molecule has 0 radical (unpaired) electrons. The Morgan fingerprint density at radius 3 is 2.92 bits per heavy atom. The highest BCUT2D eigenvalue weighted by atomic mass is 32.1. The van der Waals surface area contributed by atoms with Crippen molar-refractivity contribution in [3.05, 3.63) is 11.8 Å². The Balaban J connectivity index is 2.79. The number of amides is 1. The van der Waals surface area contributed by atoms with Crippen LogP contribution in [0.5, 0.6) is 0 Å². The number of primary amides is 1. The quantitative estimate of drug-likeness (QED) is 0.339. The van der Waals surface area contributed by atoms with Crippen LogP contribution in [0.2, 0.25) is 0 Å². The first-order chi connectivity index (χ1) is 6.15. The molecule has 0 aromatic heterocycles. The van der Waals surface area contributed by atoms with Crippen LogP contribution >= 0.6 is 12.2 Å². The normalized spacial score (nSPS) is 16.7. The maximum Gasteiger partial charge on any atom is 0.260 e. The van der Waals surface area contributed by atoms with Crippen molar-refractivity contribution in [2.45, 2.75) is 0 Å². The third-order valence-corrected chi connectivity index (χ3v) is 1.94. The molecule has 1 heterocycles. The summed E-state index contributed by atoms with van der Waals surface area (Å²) in [4.78, 5) is 12.3. The van der Waals surface area contributed by atoms with Crippen molar-refractivity contribution in [3.63, 3.8) is 0 Å². The average molecular weight is 196 g/mol. The van der Waals surface area contributed by atoms with Crippen molar-refractivity contribution < 1.29 is 4.79 Å². The molecular formula is C7H8N4OS. The Labute approximate surface area is 80.8 Å². The maximum atomic E-state index is 10.7. The zero-order valence-electron chi connectivity index (χ0n) is 6.78. The molecule has 1 amide bonds. The molecule has 1 fully saturated rings. The van der Waals surface area contributed by atoms with Crippen molar-refractivity contribution in [3.8, 4) is 6.07 Å². The van der Waals surface area contributed by atoms with E-state index in [1.807, 2.05) is 0 Å². The Hall–Kier alpha value is -1.61. The van der Waals surface area contributed by atoms with Crippen LogP contribution in [-0.2, 0) is 4.79 Å². The van der Waals surface area contributed by atoms with E-state index in [-0.39, 0.29) is 5.57 Å². The van der Waals surface area contributed by atoms with Crippen LogP contribution < -0.4 is 11.1 Å².